The van der Waals surface area contributed by atoms with Crippen molar-refractivity contribution in [1.29, 1.82) is 0 Å². The van der Waals surface area contributed by atoms with Crippen molar-refractivity contribution in [2.24, 2.45) is 0 Å². The lowest BCUT2D eigenvalue weighted by Gasteiger charge is -2.08. The van der Waals surface area contributed by atoms with Crippen molar-refractivity contribution in [3.05, 3.63) is 68.2 Å². The third-order valence-corrected chi connectivity index (χ3v) is 3.41. The van der Waals surface area contributed by atoms with Crippen molar-refractivity contribution in [2.75, 3.05) is 11.9 Å². The Kier molecular flexibility index (Phi) is 4.35. The van der Waals surface area contributed by atoms with E-state index in [1.165, 1.54) is 0 Å². The van der Waals surface area contributed by atoms with Gasteiger partial charge in [0.25, 0.3) is 5.91 Å². The first-order chi connectivity index (χ1) is 11.5. The first-order valence-electron chi connectivity index (χ1n) is 6.96. The lowest BCUT2D eigenvalue weighted by atomic mass is 10.2. The number of halogens is 1. The van der Waals surface area contributed by atoms with Gasteiger partial charge in [-0.25, -0.2) is 0 Å². The summed E-state index contributed by atoms with van der Waals surface area (Å²) >= 11 is 5.83. The van der Waals surface area contributed by atoms with Crippen LogP contribution in [0, 0.1) is 0 Å². The van der Waals surface area contributed by atoms with Crippen LogP contribution in [0.3, 0.4) is 0 Å². The van der Waals surface area contributed by atoms with Crippen molar-refractivity contribution >= 4 is 34.2 Å². The molecule has 0 atom stereocenters. The number of fused-ring (bicyclic) bond motifs is 1. The van der Waals surface area contributed by atoms with Crippen LogP contribution in [0.25, 0.3) is 11.0 Å². The quantitative estimate of drug-likeness (QED) is 0.628. The number of anilines is 1. The van der Waals surface area contributed by atoms with E-state index in [-0.39, 0.29) is 12.5 Å². The number of benzene rings is 2. The largest absolute Gasteiger partial charge is 0.484 e. The van der Waals surface area contributed by atoms with Crippen molar-refractivity contribution < 1.29 is 9.53 Å². The average Bonchev–Trinajstić information content (AvgIpc) is 2.54. The Bertz CT molecular complexity index is 1030. The summed E-state index contributed by atoms with van der Waals surface area (Å²) in [6, 6.07) is 11.4. The second-order valence-electron chi connectivity index (χ2n) is 4.96. The van der Waals surface area contributed by atoms with Gasteiger partial charge in [-0.05, 0) is 36.4 Å². The standard InChI is InChI=1S/C16H12ClN3O4/c17-9-2-1-3-11(6-9)24-8-14(21)18-10-4-5-12-13(7-10)20-16(23)15(22)19-12/h1-7H,8H2,(H,18,21)(H,19,22)(H,20,23). The molecule has 2 aromatic carbocycles. The molecule has 3 N–H and O–H groups in total. The Hall–Kier alpha value is -3.06. The number of aromatic amines is 2. The van der Waals surface area contributed by atoms with Gasteiger partial charge in [-0.15, -0.1) is 0 Å². The predicted molar refractivity (Wildman–Crippen MR) is 90.8 cm³/mol. The fraction of sp³-hybridized carbons (Fsp3) is 0.0625. The second-order valence-corrected chi connectivity index (χ2v) is 5.40. The monoisotopic (exact) mass is 345 g/mol. The minimum absolute atomic E-state index is 0.194. The molecule has 0 aliphatic carbocycles. The first kappa shape index (κ1) is 15.8. The van der Waals surface area contributed by atoms with Crippen LogP contribution in [0.1, 0.15) is 0 Å². The van der Waals surface area contributed by atoms with Gasteiger partial charge >= 0.3 is 11.1 Å². The molecule has 1 heterocycles. The Balaban J connectivity index is 1.70. The smallest absolute Gasteiger partial charge is 0.314 e. The zero-order chi connectivity index (χ0) is 17.1. The summed E-state index contributed by atoms with van der Waals surface area (Å²) < 4.78 is 5.34. The molecule has 0 saturated carbocycles. The minimum atomic E-state index is -0.754. The maximum Gasteiger partial charge on any atom is 0.314 e. The zero-order valence-corrected chi connectivity index (χ0v) is 13.0. The normalized spacial score (nSPS) is 10.5. The number of carbonyl (C=O) groups excluding carboxylic acids is 1. The summed E-state index contributed by atoms with van der Waals surface area (Å²) in [5, 5.41) is 3.16. The first-order valence-corrected chi connectivity index (χ1v) is 7.34. The van der Waals surface area contributed by atoms with Crippen LogP contribution in [0.5, 0.6) is 5.75 Å². The number of aromatic nitrogens is 2. The Morgan fingerprint density at radius 2 is 1.79 bits per heavy atom. The molecule has 3 aromatic rings. The molecule has 24 heavy (non-hydrogen) atoms. The van der Waals surface area contributed by atoms with Gasteiger partial charge in [0, 0.05) is 10.7 Å². The summed E-state index contributed by atoms with van der Waals surface area (Å²) in [4.78, 5) is 39.4. The number of carbonyl (C=O) groups is 1. The maximum atomic E-state index is 11.9. The molecule has 0 bridgehead atoms. The van der Waals surface area contributed by atoms with Gasteiger partial charge in [-0.1, -0.05) is 17.7 Å². The maximum absolute atomic E-state index is 11.9. The molecular formula is C16H12ClN3O4. The van der Waals surface area contributed by atoms with Crippen LogP contribution in [0.15, 0.2) is 52.1 Å². The lowest BCUT2D eigenvalue weighted by molar-refractivity contribution is -0.118. The van der Waals surface area contributed by atoms with Crippen LogP contribution in [0.2, 0.25) is 5.02 Å². The van der Waals surface area contributed by atoms with E-state index in [4.69, 9.17) is 16.3 Å². The Labute approximate surface area is 140 Å². The van der Waals surface area contributed by atoms with Crippen LogP contribution in [-0.2, 0) is 4.79 Å². The number of ether oxygens (including phenoxy) is 1. The summed E-state index contributed by atoms with van der Waals surface area (Å²) in [6.07, 6.45) is 0. The molecule has 1 aromatic heterocycles. The van der Waals surface area contributed by atoms with E-state index in [1.807, 2.05) is 0 Å². The molecule has 0 aliphatic rings. The van der Waals surface area contributed by atoms with Crippen LogP contribution in [0.4, 0.5) is 5.69 Å². The molecular weight excluding hydrogens is 334 g/mol. The number of H-pyrrole nitrogens is 2. The number of nitrogens with one attached hydrogen (secondary N) is 3. The van der Waals surface area contributed by atoms with Crippen molar-refractivity contribution in [3.63, 3.8) is 0 Å². The van der Waals surface area contributed by atoms with Gasteiger partial charge < -0.3 is 20.0 Å². The lowest BCUT2D eigenvalue weighted by Crippen LogP contribution is -2.29. The van der Waals surface area contributed by atoms with E-state index >= 15 is 0 Å². The molecule has 0 aliphatic heterocycles. The van der Waals surface area contributed by atoms with Crippen molar-refractivity contribution in [1.82, 2.24) is 9.97 Å². The molecule has 0 spiro atoms. The summed E-state index contributed by atoms with van der Waals surface area (Å²) in [5.74, 6) is 0.110. The SMILES string of the molecule is O=C(COc1cccc(Cl)c1)Nc1ccc2[nH]c(=O)c(=O)[nH]c2c1. The van der Waals surface area contributed by atoms with E-state index in [0.29, 0.717) is 27.5 Å². The summed E-state index contributed by atoms with van der Waals surface area (Å²) in [7, 11) is 0. The van der Waals surface area contributed by atoms with E-state index in [1.54, 1.807) is 42.5 Å². The van der Waals surface area contributed by atoms with Gasteiger partial charge in [-0.3, -0.25) is 14.4 Å². The average molecular weight is 346 g/mol. The van der Waals surface area contributed by atoms with E-state index in [2.05, 4.69) is 15.3 Å². The zero-order valence-electron chi connectivity index (χ0n) is 12.3. The van der Waals surface area contributed by atoms with Gasteiger partial charge in [0.1, 0.15) is 5.75 Å². The van der Waals surface area contributed by atoms with Gasteiger partial charge in [-0.2, -0.15) is 0 Å². The minimum Gasteiger partial charge on any atom is -0.484 e. The molecule has 7 nitrogen and oxygen atoms in total. The third-order valence-electron chi connectivity index (χ3n) is 3.17. The van der Waals surface area contributed by atoms with E-state index < -0.39 is 11.1 Å². The molecule has 0 radical (unpaired) electrons. The molecule has 8 heteroatoms. The van der Waals surface area contributed by atoms with E-state index in [0.717, 1.165) is 0 Å². The fourth-order valence-corrected chi connectivity index (χ4v) is 2.28. The van der Waals surface area contributed by atoms with Gasteiger partial charge in [0.05, 0.1) is 11.0 Å². The summed E-state index contributed by atoms with van der Waals surface area (Å²) in [6.45, 7) is -0.194. The highest BCUT2D eigenvalue weighted by Crippen LogP contribution is 2.17. The molecule has 0 saturated heterocycles. The number of amides is 1. The number of hydrogen-bond donors (Lipinski definition) is 3. The topological polar surface area (TPSA) is 104 Å². The highest BCUT2D eigenvalue weighted by Gasteiger charge is 2.06. The highest BCUT2D eigenvalue weighted by molar-refractivity contribution is 6.30. The third kappa shape index (κ3) is 3.64. The predicted octanol–water partition coefficient (Wildman–Crippen LogP) is 1.89. The Morgan fingerprint density at radius 1 is 1.04 bits per heavy atom. The van der Waals surface area contributed by atoms with Crippen LogP contribution < -0.4 is 21.2 Å². The fourth-order valence-electron chi connectivity index (χ4n) is 2.10. The molecule has 1 amide bonds. The Morgan fingerprint density at radius 3 is 2.54 bits per heavy atom. The van der Waals surface area contributed by atoms with Crippen molar-refractivity contribution in [3.8, 4) is 5.75 Å². The van der Waals surface area contributed by atoms with Crippen molar-refractivity contribution in [2.45, 2.75) is 0 Å². The molecule has 0 unspecified atom stereocenters. The molecule has 3 rings (SSSR count). The number of rotatable bonds is 4. The highest BCUT2D eigenvalue weighted by atomic mass is 35.5. The van der Waals surface area contributed by atoms with Gasteiger partial charge in [0.2, 0.25) is 0 Å². The second kappa shape index (κ2) is 6.59. The van der Waals surface area contributed by atoms with Crippen LogP contribution in [-0.4, -0.2) is 22.5 Å². The van der Waals surface area contributed by atoms with Gasteiger partial charge in [0.15, 0.2) is 6.61 Å². The van der Waals surface area contributed by atoms with E-state index in [9.17, 15) is 14.4 Å². The molecule has 0 fully saturated rings. The van der Waals surface area contributed by atoms with Crippen LogP contribution >= 0.6 is 11.6 Å². The number of hydrogen-bond acceptors (Lipinski definition) is 4. The summed E-state index contributed by atoms with van der Waals surface area (Å²) in [5.41, 5.74) is -0.143. The molecule has 122 valence electrons.